The Labute approximate surface area is 242 Å². The van der Waals surface area contributed by atoms with Crippen molar-refractivity contribution in [2.45, 2.75) is 56.9 Å². The Morgan fingerprint density at radius 1 is 0.463 bits per heavy atom. The largest absolute Gasteiger partial charge is 0.394 e. The van der Waals surface area contributed by atoms with Crippen molar-refractivity contribution in [3.63, 3.8) is 0 Å². The molecule has 1 aliphatic rings. The maximum atomic E-state index is 10.4. The lowest BCUT2D eigenvalue weighted by molar-refractivity contribution is -0.277. The van der Waals surface area contributed by atoms with Crippen LogP contribution in [0, 0.1) is 0 Å². The quantitative estimate of drug-likeness (QED) is 0.215. The number of ether oxygens (including phenoxy) is 5. The summed E-state index contributed by atoms with van der Waals surface area (Å²) < 4.78 is 32.2. The highest BCUT2D eigenvalue weighted by Crippen LogP contribution is 2.31. The van der Waals surface area contributed by atoms with Crippen LogP contribution in [0.3, 0.4) is 0 Å². The van der Waals surface area contributed by atoms with Gasteiger partial charge in [-0.25, -0.2) is 0 Å². The highest BCUT2D eigenvalue weighted by Gasteiger charge is 2.48. The summed E-state index contributed by atoms with van der Waals surface area (Å²) >= 11 is 0. The molecule has 1 fully saturated rings. The monoisotopic (exact) mass is 554 g/mol. The van der Waals surface area contributed by atoms with Crippen molar-refractivity contribution in [3.05, 3.63) is 144 Å². The van der Waals surface area contributed by atoms with Gasteiger partial charge in [0.2, 0.25) is 0 Å². The Hall–Kier alpha value is -3.36. The van der Waals surface area contributed by atoms with Gasteiger partial charge < -0.3 is 28.8 Å². The summed E-state index contributed by atoms with van der Waals surface area (Å²) in [5.74, 6) is 0. The van der Waals surface area contributed by atoms with Crippen LogP contribution in [0.25, 0.3) is 0 Å². The number of benzene rings is 4. The summed E-state index contributed by atoms with van der Waals surface area (Å²) in [4.78, 5) is 0. The second kappa shape index (κ2) is 15.6. The average Bonchev–Trinajstić information content (AvgIpc) is 3.04. The third-order valence-corrected chi connectivity index (χ3v) is 7.16. The smallest absolute Gasteiger partial charge is 0.115 e. The topological polar surface area (TPSA) is 66.4 Å². The molecule has 0 bridgehead atoms. The number of rotatable bonds is 14. The van der Waals surface area contributed by atoms with Gasteiger partial charge in [0.05, 0.1) is 39.6 Å². The number of aliphatic hydroxyl groups excluding tert-OH is 1. The summed E-state index contributed by atoms with van der Waals surface area (Å²) in [6.07, 6.45) is -2.66. The molecule has 2 unspecified atom stereocenters. The Morgan fingerprint density at radius 2 is 0.829 bits per heavy atom. The zero-order valence-corrected chi connectivity index (χ0v) is 23.2. The SMILES string of the molecule is OC[C@@H]1OC(COCc2ccccc2)[C@H](OCc2ccccc2)[C@H](OCc2ccccc2)C1OCc1ccccc1. The van der Waals surface area contributed by atoms with Crippen molar-refractivity contribution >= 4 is 0 Å². The van der Waals surface area contributed by atoms with E-state index in [-0.39, 0.29) is 13.2 Å². The standard InChI is InChI=1S/C35H38O6/c36-21-31-33(38-23-28-15-7-2-8-16-28)35(40-25-30-19-11-4-12-20-30)34(39-24-29-17-9-3-10-18-29)32(41-31)26-37-22-27-13-5-1-6-14-27/h1-20,31-36H,21-26H2/t31-,32?,33?,34-,35+/m0/s1. The molecule has 0 aromatic heterocycles. The van der Waals surface area contributed by atoms with Gasteiger partial charge >= 0.3 is 0 Å². The number of aliphatic hydroxyl groups is 1. The summed E-state index contributed by atoms with van der Waals surface area (Å²) in [6.45, 7) is 1.62. The molecular formula is C35H38O6. The summed E-state index contributed by atoms with van der Waals surface area (Å²) in [7, 11) is 0. The normalized spacial score (nSPS) is 22.4. The summed E-state index contributed by atoms with van der Waals surface area (Å²) in [6, 6.07) is 40.1. The van der Waals surface area contributed by atoms with Gasteiger partial charge in [-0.15, -0.1) is 0 Å². The fourth-order valence-electron chi connectivity index (χ4n) is 5.03. The first kappa shape index (κ1) is 29.1. The van der Waals surface area contributed by atoms with E-state index < -0.39 is 30.5 Å². The molecule has 0 aliphatic carbocycles. The molecule has 4 aromatic rings. The van der Waals surface area contributed by atoms with Crippen molar-refractivity contribution in [3.8, 4) is 0 Å². The number of hydrogen-bond donors (Lipinski definition) is 1. The van der Waals surface area contributed by atoms with E-state index in [1.807, 2.05) is 121 Å². The predicted molar refractivity (Wildman–Crippen MR) is 157 cm³/mol. The van der Waals surface area contributed by atoms with Gasteiger partial charge in [-0.3, -0.25) is 0 Å². The van der Waals surface area contributed by atoms with Crippen LogP contribution in [0.5, 0.6) is 0 Å². The Bertz CT molecular complexity index is 1260. The summed E-state index contributed by atoms with van der Waals surface area (Å²) in [5.41, 5.74) is 4.19. The van der Waals surface area contributed by atoms with E-state index in [0.29, 0.717) is 26.4 Å². The van der Waals surface area contributed by atoms with Gasteiger partial charge in [-0.2, -0.15) is 0 Å². The molecular weight excluding hydrogens is 516 g/mol. The van der Waals surface area contributed by atoms with Crippen LogP contribution in [0.1, 0.15) is 22.3 Å². The molecule has 6 heteroatoms. The molecule has 214 valence electrons. The van der Waals surface area contributed by atoms with E-state index in [1.54, 1.807) is 0 Å². The minimum absolute atomic E-state index is 0.217. The van der Waals surface area contributed by atoms with E-state index in [1.165, 1.54) is 0 Å². The molecule has 41 heavy (non-hydrogen) atoms. The first-order valence-corrected chi connectivity index (χ1v) is 14.1. The lowest BCUT2D eigenvalue weighted by atomic mass is 9.94. The average molecular weight is 555 g/mol. The van der Waals surface area contributed by atoms with E-state index in [0.717, 1.165) is 22.3 Å². The van der Waals surface area contributed by atoms with Gasteiger partial charge in [-0.1, -0.05) is 121 Å². The fourth-order valence-corrected chi connectivity index (χ4v) is 5.03. The molecule has 0 saturated carbocycles. The third kappa shape index (κ3) is 8.57. The lowest BCUT2D eigenvalue weighted by Crippen LogP contribution is -2.62. The van der Waals surface area contributed by atoms with E-state index in [9.17, 15) is 5.11 Å². The fraction of sp³-hybridized carbons (Fsp3) is 0.314. The highest BCUT2D eigenvalue weighted by molar-refractivity contribution is 5.16. The first-order chi connectivity index (χ1) is 20.3. The zero-order chi connectivity index (χ0) is 28.1. The van der Waals surface area contributed by atoms with Crippen LogP contribution in [-0.2, 0) is 50.1 Å². The minimum Gasteiger partial charge on any atom is -0.394 e. The van der Waals surface area contributed by atoms with Crippen molar-refractivity contribution < 1.29 is 28.8 Å². The van der Waals surface area contributed by atoms with Gasteiger partial charge in [0, 0.05) is 0 Å². The predicted octanol–water partition coefficient (Wildman–Crippen LogP) is 5.72. The number of hydrogen-bond acceptors (Lipinski definition) is 6. The molecule has 4 aromatic carbocycles. The van der Waals surface area contributed by atoms with Gasteiger partial charge in [0.25, 0.3) is 0 Å². The Kier molecular flexibility index (Phi) is 11.1. The van der Waals surface area contributed by atoms with Crippen molar-refractivity contribution in [2.24, 2.45) is 0 Å². The van der Waals surface area contributed by atoms with Crippen LogP contribution in [0.4, 0.5) is 0 Å². The van der Waals surface area contributed by atoms with Crippen LogP contribution < -0.4 is 0 Å². The molecule has 0 radical (unpaired) electrons. The van der Waals surface area contributed by atoms with Gasteiger partial charge in [0.1, 0.15) is 30.5 Å². The minimum atomic E-state index is -0.610. The van der Waals surface area contributed by atoms with Crippen LogP contribution in [-0.4, -0.2) is 48.8 Å². The second-order valence-corrected chi connectivity index (χ2v) is 10.2. The third-order valence-electron chi connectivity index (χ3n) is 7.16. The molecule has 5 atom stereocenters. The van der Waals surface area contributed by atoms with Gasteiger partial charge in [0.15, 0.2) is 0 Å². The summed E-state index contributed by atoms with van der Waals surface area (Å²) in [5, 5.41) is 10.4. The maximum absolute atomic E-state index is 10.4. The molecule has 1 N–H and O–H groups in total. The molecule has 6 nitrogen and oxygen atoms in total. The van der Waals surface area contributed by atoms with Crippen molar-refractivity contribution in [1.29, 1.82) is 0 Å². The molecule has 5 rings (SSSR count). The molecule has 1 saturated heterocycles. The van der Waals surface area contributed by atoms with E-state index >= 15 is 0 Å². The molecule has 1 aliphatic heterocycles. The maximum Gasteiger partial charge on any atom is 0.115 e. The van der Waals surface area contributed by atoms with Crippen LogP contribution in [0.2, 0.25) is 0 Å². The van der Waals surface area contributed by atoms with Gasteiger partial charge in [-0.05, 0) is 22.3 Å². The molecule has 0 amide bonds. The van der Waals surface area contributed by atoms with Crippen LogP contribution >= 0.6 is 0 Å². The first-order valence-electron chi connectivity index (χ1n) is 14.1. The van der Waals surface area contributed by atoms with E-state index in [4.69, 9.17) is 23.7 Å². The molecule has 0 spiro atoms. The molecule has 1 heterocycles. The zero-order valence-electron chi connectivity index (χ0n) is 23.2. The van der Waals surface area contributed by atoms with Crippen molar-refractivity contribution in [2.75, 3.05) is 13.2 Å². The Morgan fingerprint density at radius 3 is 1.24 bits per heavy atom. The Balaban J connectivity index is 1.38. The van der Waals surface area contributed by atoms with E-state index in [2.05, 4.69) is 0 Å². The van der Waals surface area contributed by atoms with Crippen molar-refractivity contribution in [1.82, 2.24) is 0 Å². The highest BCUT2D eigenvalue weighted by atomic mass is 16.6. The lowest BCUT2D eigenvalue weighted by Gasteiger charge is -2.46. The second-order valence-electron chi connectivity index (χ2n) is 10.2. The van der Waals surface area contributed by atoms with Crippen LogP contribution in [0.15, 0.2) is 121 Å².